The van der Waals surface area contributed by atoms with Crippen LogP contribution in [0.15, 0.2) is 0 Å². The van der Waals surface area contributed by atoms with Gasteiger partial charge in [0.25, 0.3) is 0 Å². The Balaban J connectivity index is 2.28. The fourth-order valence-corrected chi connectivity index (χ4v) is 4.53. The zero-order valence-electron chi connectivity index (χ0n) is 11.5. The third-order valence-corrected chi connectivity index (χ3v) is 6.48. The largest absolute Gasteiger partial charge is 0.110 e. The lowest BCUT2D eigenvalue weighted by Gasteiger charge is -2.22. The second-order valence-electron chi connectivity index (χ2n) is 6.01. The third kappa shape index (κ3) is 3.74. The van der Waals surface area contributed by atoms with Gasteiger partial charge in [0.1, 0.15) is 0 Å². The van der Waals surface area contributed by atoms with Crippen molar-refractivity contribution in [1.29, 1.82) is 0 Å². The summed E-state index contributed by atoms with van der Waals surface area (Å²) in [6, 6.07) is 0. The summed E-state index contributed by atoms with van der Waals surface area (Å²) >= 11 is 0. The van der Waals surface area contributed by atoms with E-state index in [1.54, 1.807) is 0 Å². The average molecular weight is 228 g/mol. The van der Waals surface area contributed by atoms with Crippen molar-refractivity contribution in [3.8, 4) is 0 Å². The van der Waals surface area contributed by atoms with Gasteiger partial charge in [-0.05, 0) is 55.5 Å². The summed E-state index contributed by atoms with van der Waals surface area (Å²) in [7, 11) is 0.336. The van der Waals surface area contributed by atoms with Crippen LogP contribution in [-0.2, 0) is 0 Å². The maximum Gasteiger partial charge on any atom is -0.0180 e. The monoisotopic (exact) mass is 228 g/mol. The summed E-state index contributed by atoms with van der Waals surface area (Å²) in [5.41, 5.74) is 1.11. The average Bonchev–Trinajstić information content (AvgIpc) is 2.95. The van der Waals surface area contributed by atoms with E-state index < -0.39 is 0 Å². The molecule has 5 atom stereocenters. The van der Waals surface area contributed by atoms with Gasteiger partial charge >= 0.3 is 0 Å². The molecule has 0 heterocycles. The van der Waals surface area contributed by atoms with Crippen molar-refractivity contribution < 1.29 is 0 Å². The molecule has 0 N–H and O–H groups in total. The number of hydrogen-bond acceptors (Lipinski definition) is 0. The highest BCUT2D eigenvalue weighted by Gasteiger charge is 2.42. The van der Waals surface area contributed by atoms with Gasteiger partial charge in [-0.15, -0.1) is 7.92 Å². The molecule has 0 nitrogen and oxygen atoms in total. The van der Waals surface area contributed by atoms with Gasteiger partial charge in [-0.3, -0.25) is 0 Å². The van der Waals surface area contributed by atoms with Crippen molar-refractivity contribution in [3.63, 3.8) is 0 Å². The molecular formula is C14H29P. The van der Waals surface area contributed by atoms with E-state index in [1.807, 2.05) is 0 Å². The molecule has 1 saturated carbocycles. The van der Waals surface area contributed by atoms with Crippen molar-refractivity contribution in [2.75, 3.05) is 13.3 Å². The highest BCUT2D eigenvalue weighted by molar-refractivity contribution is 7.57. The summed E-state index contributed by atoms with van der Waals surface area (Å²) in [6.07, 6.45) is 4.34. The van der Waals surface area contributed by atoms with E-state index in [9.17, 15) is 0 Å². The summed E-state index contributed by atoms with van der Waals surface area (Å²) in [5.74, 6) is 3.89. The molecule has 0 spiro atoms. The molecule has 0 amide bonds. The van der Waals surface area contributed by atoms with Gasteiger partial charge in [0.2, 0.25) is 0 Å². The molecule has 5 unspecified atom stereocenters. The van der Waals surface area contributed by atoms with Gasteiger partial charge in [-0.25, -0.2) is 0 Å². The van der Waals surface area contributed by atoms with Crippen LogP contribution in [0.25, 0.3) is 0 Å². The third-order valence-electron chi connectivity index (χ3n) is 4.56. The van der Waals surface area contributed by atoms with Gasteiger partial charge in [-0.2, -0.15) is 0 Å². The maximum absolute atomic E-state index is 2.49. The minimum atomic E-state index is 0.336. The van der Waals surface area contributed by atoms with Crippen LogP contribution >= 0.6 is 7.92 Å². The second kappa shape index (κ2) is 5.67. The highest BCUT2D eigenvalue weighted by Crippen LogP contribution is 2.56. The first kappa shape index (κ1) is 13.5. The molecule has 0 aromatic heterocycles. The minimum Gasteiger partial charge on any atom is -0.110 e. The quantitative estimate of drug-likeness (QED) is 0.571. The molecule has 0 aliphatic heterocycles. The van der Waals surface area contributed by atoms with Crippen LogP contribution in [0.3, 0.4) is 0 Å². The summed E-state index contributed by atoms with van der Waals surface area (Å²) in [4.78, 5) is 0. The lowest BCUT2D eigenvalue weighted by atomic mass is 9.84. The number of hydrogen-bond donors (Lipinski definition) is 0. The van der Waals surface area contributed by atoms with E-state index in [-0.39, 0.29) is 0 Å². The first-order valence-electron chi connectivity index (χ1n) is 6.63. The lowest BCUT2D eigenvalue weighted by molar-refractivity contribution is 0.291. The normalized spacial score (nSPS) is 31.4. The van der Waals surface area contributed by atoms with Gasteiger partial charge in [0.15, 0.2) is 0 Å². The van der Waals surface area contributed by atoms with E-state index in [4.69, 9.17) is 0 Å². The zero-order valence-corrected chi connectivity index (χ0v) is 12.3. The standard InChI is InChI=1S/C14H29P/c1-7-10(2)11(3)8-12(4)13-9-14(13)15(5)6/h10-14H,7-9H2,1-6H3. The molecule has 1 aliphatic rings. The SMILES string of the molecule is CCC(C)C(C)CC(C)C1CC1P(C)C. The Morgan fingerprint density at radius 3 is 2.13 bits per heavy atom. The Bertz CT molecular complexity index is 188. The molecule has 15 heavy (non-hydrogen) atoms. The number of rotatable bonds is 6. The molecule has 1 rings (SSSR count). The molecule has 90 valence electrons. The van der Waals surface area contributed by atoms with E-state index >= 15 is 0 Å². The molecule has 0 saturated heterocycles. The molecule has 0 radical (unpaired) electrons. The van der Waals surface area contributed by atoms with Gasteiger partial charge in [0.05, 0.1) is 0 Å². The fourth-order valence-electron chi connectivity index (χ4n) is 2.80. The Kier molecular flexibility index (Phi) is 5.10. The molecule has 1 aliphatic carbocycles. The van der Waals surface area contributed by atoms with Crippen LogP contribution in [0.2, 0.25) is 0 Å². The van der Waals surface area contributed by atoms with Crippen LogP contribution in [-0.4, -0.2) is 19.0 Å². The van der Waals surface area contributed by atoms with Crippen LogP contribution in [0.4, 0.5) is 0 Å². The van der Waals surface area contributed by atoms with Crippen LogP contribution < -0.4 is 0 Å². The maximum atomic E-state index is 2.49. The molecule has 1 heteroatoms. The summed E-state index contributed by atoms with van der Waals surface area (Å²) < 4.78 is 0. The molecule has 1 fully saturated rings. The van der Waals surface area contributed by atoms with Gasteiger partial charge in [-0.1, -0.05) is 34.1 Å². The summed E-state index contributed by atoms with van der Waals surface area (Å²) in [5, 5.41) is 0. The van der Waals surface area contributed by atoms with Crippen molar-refractivity contribution in [2.24, 2.45) is 23.7 Å². The lowest BCUT2D eigenvalue weighted by Crippen LogP contribution is -2.13. The molecule has 0 aromatic carbocycles. The first-order chi connectivity index (χ1) is 6.97. The predicted molar refractivity (Wildman–Crippen MR) is 73.1 cm³/mol. The molecule has 0 bridgehead atoms. The van der Waals surface area contributed by atoms with Crippen LogP contribution in [0.1, 0.15) is 47.0 Å². The van der Waals surface area contributed by atoms with Crippen molar-refractivity contribution >= 4 is 7.92 Å². The van der Waals surface area contributed by atoms with E-state index in [0.717, 1.165) is 29.3 Å². The van der Waals surface area contributed by atoms with Gasteiger partial charge < -0.3 is 0 Å². The first-order valence-corrected chi connectivity index (χ1v) is 8.94. The van der Waals surface area contributed by atoms with Crippen molar-refractivity contribution in [3.05, 3.63) is 0 Å². The Labute approximate surface area is 98.0 Å². The van der Waals surface area contributed by atoms with E-state index in [1.165, 1.54) is 19.3 Å². The fraction of sp³-hybridized carbons (Fsp3) is 1.00. The Morgan fingerprint density at radius 2 is 1.73 bits per heavy atom. The van der Waals surface area contributed by atoms with Crippen molar-refractivity contribution in [1.82, 2.24) is 0 Å². The zero-order chi connectivity index (χ0) is 11.6. The predicted octanol–water partition coefficient (Wildman–Crippen LogP) is 4.82. The van der Waals surface area contributed by atoms with Crippen LogP contribution in [0.5, 0.6) is 0 Å². The van der Waals surface area contributed by atoms with E-state index in [0.29, 0.717) is 7.92 Å². The summed E-state index contributed by atoms with van der Waals surface area (Å²) in [6.45, 7) is 14.6. The Hall–Kier alpha value is 0.430. The van der Waals surface area contributed by atoms with Crippen molar-refractivity contribution in [2.45, 2.75) is 52.6 Å². The Morgan fingerprint density at radius 1 is 1.13 bits per heavy atom. The topological polar surface area (TPSA) is 0 Å². The smallest absolute Gasteiger partial charge is 0.0180 e. The second-order valence-corrected chi connectivity index (χ2v) is 8.60. The van der Waals surface area contributed by atoms with E-state index in [2.05, 4.69) is 41.0 Å². The highest BCUT2D eigenvalue weighted by atomic mass is 31.1. The minimum absolute atomic E-state index is 0.336. The van der Waals surface area contributed by atoms with Gasteiger partial charge in [0, 0.05) is 0 Å². The molecule has 0 aromatic rings. The van der Waals surface area contributed by atoms with Crippen LogP contribution in [0, 0.1) is 23.7 Å². The molecular weight excluding hydrogens is 199 g/mol.